The average Bonchev–Trinajstić information content (AvgIpc) is 2.49. The molecule has 4 heteroatoms. The van der Waals surface area contributed by atoms with E-state index in [9.17, 15) is 0 Å². The maximum absolute atomic E-state index is 5.47. The molecule has 0 saturated heterocycles. The van der Waals surface area contributed by atoms with Crippen molar-refractivity contribution in [2.45, 2.75) is 0 Å². The Bertz CT molecular complexity index is 433. The first kappa shape index (κ1) is 7.24. The van der Waals surface area contributed by atoms with Crippen LogP contribution in [0.4, 0.5) is 0 Å². The summed E-state index contributed by atoms with van der Waals surface area (Å²) in [7, 11) is 0. The summed E-state index contributed by atoms with van der Waals surface area (Å²) in [5.41, 5.74) is 7.29. The number of nitrogens with zero attached hydrogens (tertiary/aromatic N) is 1. The molecule has 2 rings (SSSR count). The number of nitrogens with one attached hydrogen (secondary N) is 1. The van der Waals surface area contributed by atoms with E-state index in [0.717, 1.165) is 16.5 Å². The molecule has 3 N–H and O–H groups in total. The predicted octanol–water partition coefficient (Wildman–Crippen LogP) is 1.20. The number of H-pyrrole nitrogens is 1. The van der Waals surface area contributed by atoms with Gasteiger partial charge in [-0.1, -0.05) is 24.4 Å². The quantitative estimate of drug-likeness (QED) is 0.643. The van der Waals surface area contributed by atoms with Crippen molar-refractivity contribution < 1.29 is 0 Å². The molecule has 0 aliphatic heterocycles. The van der Waals surface area contributed by atoms with E-state index in [0.29, 0.717) is 4.99 Å². The van der Waals surface area contributed by atoms with E-state index >= 15 is 0 Å². The molecule has 0 saturated carbocycles. The van der Waals surface area contributed by atoms with E-state index in [4.69, 9.17) is 18.0 Å². The molecule has 1 heterocycles. The first-order chi connectivity index (χ1) is 5.77. The van der Waals surface area contributed by atoms with Crippen LogP contribution >= 0.6 is 12.2 Å². The van der Waals surface area contributed by atoms with Gasteiger partial charge in [-0.3, -0.25) is 5.10 Å². The standard InChI is InChI=1S/C8H7N3S/c9-8(12)5-1-2-6-4-10-11-7(6)3-5/h1-4H,(H2,9,12)(H,10,11). The number of aromatic amines is 1. The van der Waals surface area contributed by atoms with Crippen LogP contribution in [0.3, 0.4) is 0 Å². The minimum absolute atomic E-state index is 0.409. The first-order valence-corrected chi connectivity index (χ1v) is 3.91. The lowest BCUT2D eigenvalue weighted by Gasteiger charge is -1.96. The molecule has 0 aliphatic rings. The van der Waals surface area contributed by atoms with E-state index in [1.54, 1.807) is 6.20 Å². The zero-order valence-electron chi connectivity index (χ0n) is 6.24. The zero-order valence-corrected chi connectivity index (χ0v) is 7.06. The van der Waals surface area contributed by atoms with Gasteiger partial charge in [0.15, 0.2) is 0 Å². The second-order valence-electron chi connectivity index (χ2n) is 2.54. The van der Waals surface area contributed by atoms with Gasteiger partial charge >= 0.3 is 0 Å². The minimum Gasteiger partial charge on any atom is -0.389 e. The molecule has 1 aromatic heterocycles. The van der Waals surface area contributed by atoms with E-state index in [-0.39, 0.29) is 0 Å². The van der Waals surface area contributed by atoms with E-state index in [1.807, 2.05) is 18.2 Å². The highest BCUT2D eigenvalue weighted by Crippen LogP contribution is 2.12. The first-order valence-electron chi connectivity index (χ1n) is 3.50. The topological polar surface area (TPSA) is 54.7 Å². The van der Waals surface area contributed by atoms with Crippen molar-refractivity contribution >= 4 is 28.1 Å². The third-order valence-electron chi connectivity index (χ3n) is 1.73. The number of hydrogen-bond acceptors (Lipinski definition) is 2. The fourth-order valence-electron chi connectivity index (χ4n) is 1.09. The SMILES string of the molecule is NC(=S)c1ccc2cn[nH]c2c1. The van der Waals surface area contributed by atoms with Crippen LogP contribution in [0.1, 0.15) is 5.56 Å². The molecular formula is C8H7N3S. The maximum Gasteiger partial charge on any atom is 0.104 e. The summed E-state index contributed by atoms with van der Waals surface area (Å²) in [6, 6.07) is 5.72. The van der Waals surface area contributed by atoms with E-state index < -0.39 is 0 Å². The molecule has 0 spiro atoms. The lowest BCUT2D eigenvalue weighted by atomic mass is 10.2. The number of thiocarbonyl (C=S) groups is 1. The normalized spacial score (nSPS) is 10.3. The molecule has 0 radical (unpaired) electrons. The van der Waals surface area contributed by atoms with Crippen LogP contribution in [0, 0.1) is 0 Å². The van der Waals surface area contributed by atoms with E-state index in [2.05, 4.69) is 10.2 Å². The summed E-state index contributed by atoms with van der Waals surface area (Å²) in [6.07, 6.45) is 1.76. The van der Waals surface area contributed by atoms with Crippen molar-refractivity contribution in [2.75, 3.05) is 0 Å². The second-order valence-corrected chi connectivity index (χ2v) is 2.98. The van der Waals surface area contributed by atoms with Crippen LogP contribution in [-0.4, -0.2) is 15.2 Å². The van der Waals surface area contributed by atoms with Crippen LogP contribution in [0.5, 0.6) is 0 Å². The third-order valence-corrected chi connectivity index (χ3v) is 1.96. The summed E-state index contributed by atoms with van der Waals surface area (Å²) in [5.74, 6) is 0. The molecule has 0 amide bonds. The van der Waals surface area contributed by atoms with Gasteiger partial charge in [0, 0.05) is 10.9 Å². The smallest absolute Gasteiger partial charge is 0.104 e. The number of rotatable bonds is 1. The Balaban J connectivity index is 2.68. The van der Waals surface area contributed by atoms with Crippen molar-refractivity contribution in [3.63, 3.8) is 0 Å². The monoisotopic (exact) mass is 177 g/mol. The molecule has 60 valence electrons. The highest BCUT2D eigenvalue weighted by atomic mass is 32.1. The summed E-state index contributed by atoms with van der Waals surface area (Å²) in [5, 5.41) is 7.81. The second kappa shape index (κ2) is 2.57. The molecule has 0 aliphatic carbocycles. The molecule has 12 heavy (non-hydrogen) atoms. The largest absolute Gasteiger partial charge is 0.389 e. The van der Waals surface area contributed by atoms with Gasteiger partial charge in [-0.25, -0.2) is 0 Å². The van der Waals surface area contributed by atoms with Gasteiger partial charge in [-0.15, -0.1) is 0 Å². The molecular weight excluding hydrogens is 170 g/mol. The fraction of sp³-hybridized carbons (Fsp3) is 0. The van der Waals surface area contributed by atoms with E-state index in [1.165, 1.54) is 0 Å². The number of hydrogen-bond donors (Lipinski definition) is 2. The zero-order chi connectivity index (χ0) is 8.55. The lowest BCUT2D eigenvalue weighted by molar-refractivity contribution is 1.12. The summed E-state index contributed by atoms with van der Waals surface area (Å²) >= 11 is 4.84. The van der Waals surface area contributed by atoms with Crippen molar-refractivity contribution in [1.29, 1.82) is 0 Å². The van der Waals surface area contributed by atoms with Gasteiger partial charge in [0.05, 0.1) is 11.7 Å². The molecule has 0 unspecified atom stereocenters. The lowest BCUT2D eigenvalue weighted by Crippen LogP contribution is -2.08. The number of aromatic nitrogens is 2. The Morgan fingerprint density at radius 1 is 1.50 bits per heavy atom. The molecule has 0 atom stereocenters. The Labute approximate surface area is 74.6 Å². The van der Waals surface area contributed by atoms with Gasteiger partial charge in [-0.2, -0.15) is 5.10 Å². The average molecular weight is 177 g/mol. The number of nitrogens with two attached hydrogens (primary N) is 1. The number of benzene rings is 1. The minimum atomic E-state index is 0.409. The van der Waals surface area contributed by atoms with Crippen LogP contribution < -0.4 is 5.73 Å². The van der Waals surface area contributed by atoms with Crippen molar-refractivity contribution in [3.8, 4) is 0 Å². The van der Waals surface area contributed by atoms with Gasteiger partial charge in [0.1, 0.15) is 4.99 Å². The van der Waals surface area contributed by atoms with Gasteiger partial charge in [0.25, 0.3) is 0 Å². The molecule has 0 fully saturated rings. The summed E-state index contributed by atoms with van der Waals surface area (Å²) in [4.78, 5) is 0.409. The van der Waals surface area contributed by atoms with Crippen LogP contribution in [0.25, 0.3) is 10.9 Å². The predicted molar refractivity (Wildman–Crippen MR) is 52.0 cm³/mol. The fourth-order valence-corrected chi connectivity index (χ4v) is 1.22. The molecule has 1 aromatic carbocycles. The maximum atomic E-state index is 5.47. The summed E-state index contributed by atoms with van der Waals surface area (Å²) in [6.45, 7) is 0. The molecule has 0 bridgehead atoms. The Hall–Kier alpha value is -1.42. The van der Waals surface area contributed by atoms with Crippen LogP contribution in [0.15, 0.2) is 24.4 Å². The Morgan fingerprint density at radius 3 is 3.08 bits per heavy atom. The Kier molecular flexibility index (Phi) is 1.55. The van der Waals surface area contributed by atoms with Crippen molar-refractivity contribution in [3.05, 3.63) is 30.0 Å². The molecule has 3 nitrogen and oxygen atoms in total. The highest BCUT2D eigenvalue weighted by molar-refractivity contribution is 7.80. The number of fused-ring (bicyclic) bond motifs is 1. The van der Waals surface area contributed by atoms with Gasteiger partial charge < -0.3 is 5.73 Å². The Morgan fingerprint density at radius 2 is 2.33 bits per heavy atom. The van der Waals surface area contributed by atoms with Gasteiger partial charge in [-0.05, 0) is 6.07 Å². The van der Waals surface area contributed by atoms with Gasteiger partial charge in [0.2, 0.25) is 0 Å². The van der Waals surface area contributed by atoms with Crippen LogP contribution in [0.2, 0.25) is 0 Å². The highest BCUT2D eigenvalue weighted by Gasteiger charge is 1.98. The van der Waals surface area contributed by atoms with Crippen molar-refractivity contribution in [2.24, 2.45) is 5.73 Å². The van der Waals surface area contributed by atoms with Crippen LogP contribution in [-0.2, 0) is 0 Å². The molecule has 2 aromatic rings. The van der Waals surface area contributed by atoms with Crippen molar-refractivity contribution in [1.82, 2.24) is 10.2 Å². The third kappa shape index (κ3) is 1.06. The summed E-state index contributed by atoms with van der Waals surface area (Å²) < 4.78 is 0.